The highest BCUT2D eigenvalue weighted by Crippen LogP contribution is 2.26. The van der Waals surface area contributed by atoms with Gasteiger partial charge < -0.3 is 4.90 Å². The number of rotatable bonds is 3. The van der Waals surface area contributed by atoms with E-state index in [4.69, 9.17) is 0 Å². The Balaban J connectivity index is 1.72. The Morgan fingerprint density at radius 2 is 2.22 bits per heavy atom. The lowest BCUT2D eigenvalue weighted by Gasteiger charge is -2.15. The van der Waals surface area contributed by atoms with Gasteiger partial charge in [0.1, 0.15) is 0 Å². The molecular weight excluding hydrogens is 310 g/mol. The van der Waals surface area contributed by atoms with Crippen molar-refractivity contribution in [2.75, 3.05) is 13.1 Å². The first-order chi connectivity index (χ1) is 8.74. The average Bonchev–Trinajstić information content (AvgIpc) is 2.90. The predicted molar refractivity (Wildman–Crippen MR) is 79.4 cm³/mol. The normalized spacial score (nSPS) is 19.9. The second kappa shape index (κ2) is 5.02. The van der Waals surface area contributed by atoms with Crippen LogP contribution in [-0.4, -0.2) is 28.7 Å². The van der Waals surface area contributed by atoms with Gasteiger partial charge in [0, 0.05) is 29.0 Å². The number of amides is 1. The van der Waals surface area contributed by atoms with Crippen LogP contribution in [0.5, 0.6) is 0 Å². The molecule has 1 fully saturated rings. The molecule has 1 aliphatic rings. The number of likely N-dealkylation sites (tertiary alicyclic amines) is 1. The minimum Gasteiger partial charge on any atom is -0.341 e. The summed E-state index contributed by atoms with van der Waals surface area (Å²) in [4.78, 5) is 14.0. The second-order valence-corrected chi connectivity index (χ2v) is 6.85. The Hall–Kier alpha value is -0.870. The van der Waals surface area contributed by atoms with Crippen LogP contribution in [0.3, 0.4) is 0 Å². The van der Waals surface area contributed by atoms with Gasteiger partial charge in [-0.1, -0.05) is 34.1 Å². The summed E-state index contributed by atoms with van der Waals surface area (Å²) < 4.78 is 1.33. The zero-order valence-electron chi connectivity index (χ0n) is 9.93. The Kier molecular flexibility index (Phi) is 3.39. The molecule has 94 valence electrons. The lowest BCUT2D eigenvalue weighted by Crippen LogP contribution is -2.27. The fraction of sp³-hybridized carbons (Fsp3) is 0.357. The number of hydrogen-bond acceptors (Lipinski definition) is 2. The molecular formula is C14H14BrNOS. The number of alkyl halides is 1. The minimum atomic E-state index is 0.274. The van der Waals surface area contributed by atoms with E-state index in [2.05, 4.69) is 45.6 Å². The molecule has 0 bridgehead atoms. The van der Waals surface area contributed by atoms with Gasteiger partial charge in [-0.3, -0.25) is 4.79 Å². The van der Waals surface area contributed by atoms with E-state index >= 15 is 0 Å². The Morgan fingerprint density at radius 1 is 1.39 bits per heavy atom. The molecule has 4 heteroatoms. The zero-order valence-corrected chi connectivity index (χ0v) is 12.3. The number of benzene rings is 1. The SMILES string of the molecule is O=C1CC(Br)CN1CCc1csc2ccccc12. The van der Waals surface area contributed by atoms with E-state index in [-0.39, 0.29) is 5.91 Å². The first-order valence-corrected chi connectivity index (χ1v) is 7.90. The highest BCUT2D eigenvalue weighted by atomic mass is 79.9. The third-order valence-corrected chi connectivity index (χ3v) is 5.01. The zero-order chi connectivity index (χ0) is 12.5. The maximum Gasteiger partial charge on any atom is 0.223 e. The molecule has 0 aliphatic carbocycles. The summed E-state index contributed by atoms with van der Waals surface area (Å²) in [5.41, 5.74) is 1.36. The lowest BCUT2D eigenvalue weighted by atomic mass is 10.1. The van der Waals surface area contributed by atoms with E-state index in [0.717, 1.165) is 19.5 Å². The van der Waals surface area contributed by atoms with Gasteiger partial charge in [0.15, 0.2) is 0 Å². The van der Waals surface area contributed by atoms with Crippen LogP contribution in [0.25, 0.3) is 10.1 Å². The number of fused-ring (bicyclic) bond motifs is 1. The van der Waals surface area contributed by atoms with Crippen molar-refractivity contribution >= 4 is 43.3 Å². The molecule has 18 heavy (non-hydrogen) atoms. The smallest absolute Gasteiger partial charge is 0.223 e. The number of thiophene rings is 1. The van der Waals surface area contributed by atoms with Crippen molar-refractivity contribution in [3.63, 3.8) is 0 Å². The maximum atomic E-state index is 11.7. The molecule has 1 amide bonds. The summed E-state index contributed by atoms with van der Waals surface area (Å²) in [5, 5.41) is 3.56. The van der Waals surface area contributed by atoms with Gasteiger partial charge in [0.2, 0.25) is 5.91 Å². The average molecular weight is 324 g/mol. The van der Waals surface area contributed by atoms with Gasteiger partial charge in [-0.05, 0) is 28.8 Å². The van der Waals surface area contributed by atoms with E-state index in [1.807, 2.05) is 4.90 Å². The monoisotopic (exact) mass is 323 g/mol. The van der Waals surface area contributed by atoms with Crippen LogP contribution in [-0.2, 0) is 11.2 Å². The first-order valence-electron chi connectivity index (χ1n) is 6.11. The van der Waals surface area contributed by atoms with Crippen molar-refractivity contribution in [3.05, 3.63) is 35.2 Å². The fourth-order valence-corrected chi connectivity index (χ4v) is 4.05. The number of hydrogen-bond donors (Lipinski definition) is 0. The van der Waals surface area contributed by atoms with Crippen molar-refractivity contribution in [2.45, 2.75) is 17.7 Å². The Labute approximate surface area is 119 Å². The van der Waals surface area contributed by atoms with E-state index < -0.39 is 0 Å². The largest absolute Gasteiger partial charge is 0.341 e. The molecule has 1 aromatic heterocycles. The molecule has 1 saturated heterocycles. The van der Waals surface area contributed by atoms with Crippen LogP contribution in [0.4, 0.5) is 0 Å². The van der Waals surface area contributed by atoms with Crippen LogP contribution in [0.15, 0.2) is 29.6 Å². The van der Waals surface area contributed by atoms with Crippen molar-refractivity contribution in [2.24, 2.45) is 0 Å². The standard InChI is InChI=1S/C14H14BrNOS/c15-11-7-14(17)16(8-11)6-5-10-9-18-13-4-2-1-3-12(10)13/h1-4,9,11H,5-8H2. The molecule has 1 aromatic carbocycles. The third-order valence-electron chi connectivity index (χ3n) is 3.38. The van der Waals surface area contributed by atoms with Crippen molar-refractivity contribution in [1.82, 2.24) is 4.90 Å². The van der Waals surface area contributed by atoms with Gasteiger partial charge in [-0.15, -0.1) is 11.3 Å². The Morgan fingerprint density at radius 3 is 3.00 bits per heavy atom. The first kappa shape index (κ1) is 12.2. The van der Waals surface area contributed by atoms with Gasteiger partial charge in [0.25, 0.3) is 0 Å². The van der Waals surface area contributed by atoms with Crippen molar-refractivity contribution in [1.29, 1.82) is 0 Å². The van der Waals surface area contributed by atoms with E-state index in [0.29, 0.717) is 11.2 Å². The van der Waals surface area contributed by atoms with Crippen LogP contribution in [0.2, 0.25) is 0 Å². The highest BCUT2D eigenvalue weighted by Gasteiger charge is 2.27. The van der Waals surface area contributed by atoms with E-state index in [9.17, 15) is 4.79 Å². The lowest BCUT2D eigenvalue weighted by molar-refractivity contribution is -0.127. The summed E-state index contributed by atoms with van der Waals surface area (Å²) in [5.74, 6) is 0.274. The molecule has 0 saturated carbocycles. The maximum absolute atomic E-state index is 11.7. The fourth-order valence-electron chi connectivity index (χ4n) is 2.42. The van der Waals surface area contributed by atoms with Crippen molar-refractivity contribution < 1.29 is 4.79 Å². The topological polar surface area (TPSA) is 20.3 Å². The van der Waals surface area contributed by atoms with Gasteiger partial charge >= 0.3 is 0 Å². The van der Waals surface area contributed by atoms with Crippen LogP contribution < -0.4 is 0 Å². The predicted octanol–water partition coefficient (Wildman–Crippen LogP) is 3.44. The third kappa shape index (κ3) is 2.31. The molecule has 1 atom stereocenters. The van der Waals surface area contributed by atoms with Gasteiger partial charge in [0.05, 0.1) is 0 Å². The second-order valence-electron chi connectivity index (χ2n) is 4.65. The molecule has 2 aromatic rings. The van der Waals surface area contributed by atoms with Gasteiger partial charge in [-0.2, -0.15) is 0 Å². The number of nitrogens with zero attached hydrogens (tertiary/aromatic N) is 1. The van der Waals surface area contributed by atoms with E-state index in [1.54, 1.807) is 11.3 Å². The Bertz CT molecular complexity index is 580. The molecule has 0 N–H and O–H groups in total. The number of halogens is 1. The summed E-state index contributed by atoms with van der Waals surface area (Å²) in [6.07, 6.45) is 1.60. The molecule has 0 spiro atoms. The number of carbonyl (C=O) groups excluding carboxylic acids is 1. The summed E-state index contributed by atoms with van der Waals surface area (Å²) in [6.45, 7) is 1.68. The molecule has 1 aliphatic heterocycles. The summed E-state index contributed by atoms with van der Waals surface area (Å²) in [6, 6.07) is 8.47. The molecule has 0 radical (unpaired) electrons. The molecule has 3 rings (SSSR count). The number of carbonyl (C=O) groups is 1. The van der Waals surface area contributed by atoms with E-state index in [1.165, 1.54) is 15.6 Å². The molecule has 1 unspecified atom stereocenters. The molecule has 2 nitrogen and oxygen atoms in total. The molecule has 2 heterocycles. The van der Waals surface area contributed by atoms with Crippen molar-refractivity contribution in [3.8, 4) is 0 Å². The minimum absolute atomic E-state index is 0.274. The summed E-state index contributed by atoms with van der Waals surface area (Å²) in [7, 11) is 0. The summed E-state index contributed by atoms with van der Waals surface area (Å²) >= 11 is 5.30. The van der Waals surface area contributed by atoms with Crippen LogP contribution in [0.1, 0.15) is 12.0 Å². The van der Waals surface area contributed by atoms with Crippen LogP contribution in [0, 0.1) is 0 Å². The van der Waals surface area contributed by atoms with Gasteiger partial charge in [-0.25, -0.2) is 0 Å². The highest BCUT2D eigenvalue weighted by molar-refractivity contribution is 9.09. The quantitative estimate of drug-likeness (QED) is 0.792. The van der Waals surface area contributed by atoms with Crippen LogP contribution >= 0.6 is 27.3 Å².